The lowest BCUT2D eigenvalue weighted by Crippen LogP contribution is -2.15. The summed E-state index contributed by atoms with van der Waals surface area (Å²) in [6, 6.07) is 8.82. The molecule has 2 aromatic heterocycles. The van der Waals surface area contributed by atoms with Crippen LogP contribution in [0.15, 0.2) is 41.0 Å². The number of furan rings is 1. The van der Waals surface area contributed by atoms with E-state index in [0.717, 1.165) is 34.0 Å². The number of thiazole rings is 1. The topological polar surface area (TPSA) is 38.1 Å². The van der Waals surface area contributed by atoms with Gasteiger partial charge in [0, 0.05) is 12.5 Å². The lowest BCUT2D eigenvalue weighted by Gasteiger charge is -2.11. The predicted molar refractivity (Wildman–Crippen MR) is 79.7 cm³/mol. The Morgan fingerprint density at radius 1 is 1.40 bits per heavy atom. The number of fused-ring (bicyclic) bond motifs is 1. The summed E-state index contributed by atoms with van der Waals surface area (Å²) in [7, 11) is 0. The second kappa shape index (κ2) is 5.63. The molecule has 0 aliphatic carbocycles. The maximum atomic E-state index is 13.1. The van der Waals surface area contributed by atoms with E-state index in [4.69, 9.17) is 4.42 Å². The Hall–Kier alpha value is -1.88. The van der Waals surface area contributed by atoms with Crippen molar-refractivity contribution in [2.45, 2.75) is 25.8 Å². The summed E-state index contributed by atoms with van der Waals surface area (Å²) in [5.41, 5.74) is 0.831. The number of anilines is 1. The second-order valence-electron chi connectivity index (χ2n) is 4.79. The van der Waals surface area contributed by atoms with Crippen LogP contribution >= 0.6 is 11.3 Å². The van der Waals surface area contributed by atoms with Crippen molar-refractivity contribution in [3.63, 3.8) is 0 Å². The lowest BCUT2D eigenvalue weighted by molar-refractivity contribution is 0.495. The van der Waals surface area contributed by atoms with Crippen molar-refractivity contribution in [3.8, 4) is 0 Å². The third-order valence-corrected chi connectivity index (χ3v) is 4.07. The van der Waals surface area contributed by atoms with Crippen molar-refractivity contribution < 1.29 is 8.81 Å². The Morgan fingerprint density at radius 2 is 2.30 bits per heavy atom. The van der Waals surface area contributed by atoms with Crippen LogP contribution in [-0.2, 0) is 6.42 Å². The first-order chi connectivity index (χ1) is 9.70. The molecule has 3 aromatic rings. The standard InChI is InChI=1S/C15H15FN2OS/c1-10(4-6-12-3-2-8-19-12)17-15-18-13-7-5-11(16)9-14(13)20-15/h2-3,5,7-10H,4,6H2,1H3,(H,17,18). The largest absolute Gasteiger partial charge is 0.469 e. The number of hydrogen-bond acceptors (Lipinski definition) is 4. The normalized spacial score (nSPS) is 12.7. The van der Waals surface area contributed by atoms with E-state index in [0.29, 0.717) is 0 Å². The Labute approximate surface area is 120 Å². The Morgan fingerprint density at radius 3 is 3.10 bits per heavy atom. The van der Waals surface area contributed by atoms with Crippen LogP contribution in [0.5, 0.6) is 0 Å². The average Bonchev–Trinajstić information content (AvgIpc) is 3.04. The van der Waals surface area contributed by atoms with E-state index in [-0.39, 0.29) is 11.9 Å². The molecule has 0 saturated carbocycles. The lowest BCUT2D eigenvalue weighted by atomic mass is 10.1. The molecular weight excluding hydrogens is 275 g/mol. The second-order valence-corrected chi connectivity index (χ2v) is 5.83. The minimum Gasteiger partial charge on any atom is -0.469 e. The van der Waals surface area contributed by atoms with Crippen LogP contribution in [-0.4, -0.2) is 11.0 Å². The SMILES string of the molecule is CC(CCc1ccco1)Nc1nc2ccc(F)cc2s1. The molecule has 3 rings (SSSR count). The number of nitrogens with one attached hydrogen (secondary N) is 1. The van der Waals surface area contributed by atoms with E-state index in [1.165, 1.54) is 23.5 Å². The Bertz CT molecular complexity index is 693. The van der Waals surface area contributed by atoms with E-state index < -0.39 is 0 Å². The van der Waals surface area contributed by atoms with Gasteiger partial charge in [-0.3, -0.25) is 0 Å². The quantitative estimate of drug-likeness (QED) is 0.754. The van der Waals surface area contributed by atoms with Crippen molar-refractivity contribution in [2.75, 3.05) is 5.32 Å². The van der Waals surface area contributed by atoms with Crippen molar-refractivity contribution in [1.82, 2.24) is 4.98 Å². The average molecular weight is 290 g/mol. The number of nitrogens with zero attached hydrogens (tertiary/aromatic N) is 1. The summed E-state index contributed by atoms with van der Waals surface area (Å²) in [5.74, 6) is 0.767. The molecule has 1 N–H and O–H groups in total. The zero-order chi connectivity index (χ0) is 13.9. The van der Waals surface area contributed by atoms with E-state index >= 15 is 0 Å². The van der Waals surface area contributed by atoms with E-state index in [9.17, 15) is 4.39 Å². The third kappa shape index (κ3) is 2.99. The minimum atomic E-state index is -0.224. The van der Waals surface area contributed by atoms with Crippen LogP contribution in [0.25, 0.3) is 10.2 Å². The maximum Gasteiger partial charge on any atom is 0.184 e. The summed E-state index contributed by atoms with van der Waals surface area (Å²) in [6.07, 6.45) is 3.54. The summed E-state index contributed by atoms with van der Waals surface area (Å²) in [4.78, 5) is 4.46. The number of rotatable bonds is 5. The fourth-order valence-electron chi connectivity index (χ4n) is 2.06. The molecule has 3 nitrogen and oxygen atoms in total. The number of halogens is 1. The molecule has 0 radical (unpaired) electrons. The van der Waals surface area contributed by atoms with Gasteiger partial charge in [-0.15, -0.1) is 0 Å². The molecular formula is C15H15FN2OS. The van der Waals surface area contributed by atoms with Crippen molar-refractivity contribution >= 4 is 26.7 Å². The zero-order valence-electron chi connectivity index (χ0n) is 11.1. The minimum absolute atomic E-state index is 0.224. The molecule has 1 aromatic carbocycles. The summed E-state index contributed by atoms with van der Waals surface area (Å²) >= 11 is 1.48. The van der Waals surface area contributed by atoms with E-state index in [1.807, 2.05) is 12.1 Å². The van der Waals surface area contributed by atoms with Gasteiger partial charge in [0.2, 0.25) is 0 Å². The summed E-state index contributed by atoms with van der Waals surface area (Å²) < 4.78 is 19.3. The van der Waals surface area contributed by atoms with Gasteiger partial charge in [0.05, 0.1) is 16.5 Å². The molecule has 1 atom stereocenters. The highest BCUT2D eigenvalue weighted by Crippen LogP contribution is 2.27. The molecule has 20 heavy (non-hydrogen) atoms. The van der Waals surface area contributed by atoms with Crippen LogP contribution in [0.1, 0.15) is 19.1 Å². The van der Waals surface area contributed by atoms with Gasteiger partial charge in [-0.05, 0) is 43.7 Å². The van der Waals surface area contributed by atoms with Crippen LogP contribution in [0.2, 0.25) is 0 Å². The van der Waals surface area contributed by atoms with Gasteiger partial charge >= 0.3 is 0 Å². The third-order valence-electron chi connectivity index (χ3n) is 3.12. The van der Waals surface area contributed by atoms with Crippen LogP contribution in [0.4, 0.5) is 9.52 Å². The molecule has 0 aliphatic heterocycles. The van der Waals surface area contributed by atoms with Crippen LogP contribution < -0.4 is 5.32 Å². The Kier molecular flexibility index (Phi) is 3.69. The van der Waals surface area contributed by atoms with Gasteiger partial charge in [-0.25, -0.2) is 9.37 Å². The molecule has 0 fully saturated rings. The molecule has 0 saturated heterocycles. The number of hydrogen-bond donors (Lipinski definition) is 1. The highest BCUT2D eigenvalue weighted by Gasteiger charge is 2.09. The van der Waals surface area contributed by atoms with Crippen LogP contribution in [0, 0.1) is 5.82 Å². The zero-order valence-corrected chi connectivity index (χ0v) is 11.9. The first-order valence-corrected chi connectivity index (χ1v) is 7.37. The molecule has 104 valence electrons. The highest BCUT2D eigenvalue weighted by molar-refractivity contribution is 7.22. The highest BCUT2D eigenvalue weighted by atomic mass is 32.1. The van der Waals surface area contributed by atoms with Gasteiger partial charge in [0.25, 0.3) is 0 Å². The number of aryl methyl sites for hydroxylation is 1. The molecule has 0 spiro atoms. The maximum absolute atomic E-state index is 13.1. The number of aromatic nitrogens is 1. The monoisotopic (exact) mass is 290 g/mol. The van der Waals surface area contributed by atoms with Crippen LogP contribution in [0.3, 0.4) is 0 Å². The first kappa shape index (κ1) is 13.1. The number of benzene rings is 1. The summed E-state index contributed by atoms with van der Waals surface area (Å²) in [6.45, 7) is 2.11. The molecule has 1 unspecified atom stereocenters. The smallest absolute Gasteiger partial charge is 0.184 e. The van der Waals surface area contributed by atoms with Crippen molar-refractivity contribution in [3.05, 3.63) is 48.2 Å². The van der Waals surface area contributed by atoms with Gasteiger partial charge in [-0.2, -0.15) is 0 Å². The van der Waals surface area contributed by atoms with Gasteiger partial charge in [-0.1, -0.05) is 11.3 Å². The van der Waals surface area contributed by atoms with Gasteiger partial charge < -0.3 is 9.73 Å². The molecule has 5 heteroatoms. The van der Waals surface area contributed by atoms with Gasteiger partial charge in [0.1, 0.15) is 11.6 Å². The fraction of sp³-hybridized carbons (Fsp3) is 0.267. The summed E-state index contributed by atoms with van der Waals surface area (Å²) in [5, 5.41) is 4.19. The van der Waals surface area contributed by atoms with Crippen molar-refractivity contribution in [2.24, 2.45) is 0 Å². The molecule has 0 bridgehead atoms. The van der Waals surface area contributed by atoms with Crippen molar-refractivity contribution in [1.29, 1.82) is 0 Å². The Balaban J connectivity index is 1.63. The predicted octanol–water partition coefficient (Wildman–Crippen LogP) is 4.46. The van der Waals surface area contributed by atoms with E-state index in [1.54, 1.807) is 12.3 Å². The van der Waals surface area contributed by atoms with Gasteiger partial charge in [0.15, 0.2) is 5.13 Å². The fourth-order valence-corrected chi connectivity index (χ4v) is 3.06. The van der Waals surface area contributed by atoms with E-state index in [2.05, 4.69) is 17.2 Å². The first-order valence-electron chi connectivity index (χ1n) is 6.56. The molecule has 0 amide bonds. The molecule has 2 heterocycles. The molecule has 0 aliphatic rings.